The van der Waals surface area contributed by atoms with E-state index in [9.17, 15) is 14.9 Å². The van der Waals surface area contributed by atoms with Gasteiger partial charge in [-0.3, -0.25) is 9.59 Å². The van der Waals surface area contributed by atoms with Crippen molar-refractivity contribution in [1.29, 1.82) is 5.26 Å². The van der Waals surface area contributed by atoms with E-state index in [0.29, 0.717) is 29.8 Å². The number of piperidine rings is 1. The highest BCUT2D eigenvalue weighted by Crippen LogP contribution is 2.37. The van der Waals surface area contributed by atoms with E-state index in [4.69, 9.17) is 11.6 Å². The molecule has 3 aliphatic rings. The minimum atomic E-state index is -0.383. The van der Waals surface area contributed by atoms with Crippen LogP contribution in [-0.2, 0) is 22.4 Å². The van der Waals surface area contributed by atoms with E-state index in [1.54, 1.807) is 11.9 Å². The van der Waals surface area contributed by atoms with Crippen LogP contribution < -0.4 is 10.2 Å². The van der Waals surface area contributed by atoms with Crippen molar-refractivity contribution in [2.75, 3.05) is 11.9 Å². The van der Waals surface area contributed by atoms with Crippen LogP contribution in [0.5, 0.6) is 0 Å². The maximum atomic E-state index is 12.8. The molecule has 6 heteroatoms. The van der Waals surface area contributed by atoms with Gasteiger partial charge in [-0.05, 0) is 66.0 Å². The molecule has 1 amide bonds. The second kappa shape index (κ2) is 8.35. The van der Waals surface area contributed by atoms with Crippen LogP contribution in [0.2, 0.25) is 5.02 Å². The van der Waals surface area contributed by atoms with Gasteiger partial charge in [-0.1, -0.05) is 35.9 Å². The van der Waals surface area contributed by atoms with Gasteiger partial charge in [-0.15, -0.1) is 0 Å². The Morgan fingerprint density at radius 1 is 1.25 bits per heavy atom. The van der Waals surface area contributed by atoms with E-state index in [1.165, 1.54) is 0 Å². The summed E-state index contributed by atoms with van der Waals surface area (Å²) in [6.07, 6.45) is 4.54. The van der Waals surface area contributed by atoms with E-state index < -0.39 is 0 Å². The average Bonchev–Trinajstić information content (AvgIpc) is 3.50. The standard InChI is InChI=1S/C26H26ClN3O2/c1-30-23-12-17(3-5-19(23)13-25(30)32)16-2-4-18(22(27)11-16)8-15(14-28)9-24(31)26-20-6-7-21(10-20)29-26/h2-5,11-12,15,20-21,26,29H,6-10,13H2,1H3/t15-,20+,21-,26+/m1/s1. The minimum Gasteiger partial charge on any atom is -0.315 e. The Morgan fingerprint density at radius 3 is 2.72 bits per heavy atom. The molecule has 164 valence electrons. The number of carbonyl (C=O) groups excluding carboxylic acids is 2. The SMILES string of the molecule is CN1C(=O)Cc2ccc(-c3ccc(C[C@@H](C#N)CC(=O)[C@H]4N[C@@H]5CC[C@H]4C5)c(Cl)c3)cc21. The zero-order valence-corrected chi connectivity index (χ0v) is 18.9. The molecule has 0 spiro atoms. The topological polar surface area (TPSA) is 73.2 Å². The Labute approximate surface area is 193 Å². The van der Waals surface area contributed by atoms with E-state index in [2.05, 4.69) is 11.4 Å². The number of hydrogen-bond acceptors (Lipinski definition) is 4. The zero-order chi connectivity index (χ0) is 22.4. The van der Waals surface area contributed by atoms with Crippen LogP contribution in [0.1, 0.15) is 36.8 Å². The number of anilines is 1. The summed E-state index contributed by atoms with van der Waals surface area (Å²) in [6.45, 7) is 0. The maximum absolute atomic E-state index is 12.8. The van der Waals surface area contributed by atoms with E-state index in [-0.39, 0.29) is 30.1 Å². The Hall–Kier alpha value is -2.68. The summed E-state index contributed by atoms with van der Waals surface area (Å²) >= 11 is 6.59. The normalized spacial score (nSPS) is 24.5. The lowest BCUT2D eigenvalue weighted by atomic mass is 9.88. The van der Waals surface area contributed by atoms with Gasteiger partial charge in [0.05, 0.1) is 24.4 Å². The largest absolute Gasteiger partial charge is 0.315 e. The third-order valence-electron chi connectivity index (χ3n) is 7.35. The van der Waals surface area contributed by atoms with Gasteiger partial charge in [-0.25, -0.2) is 0 Å². The van der Waals surface area contributed by atoms with Crippen molar-refractivity contribution in [3.05, 3.63) is 52.5 Å². The molecule has 0 unspecified atom stereocenters. The zero-order valence-electron chi connectivity index (χ0n) is 18.1. The van der Waals surface area contributed by atoms with Gasteiger partial charge >= 0.3 is 0 Å². The van der Waals surface area contributed by atoms with Gasteiger partial charge < -0.3 is 10.2 Å². The molecule has 5 nitrogen and oxygen atoms in total. The average molecular weight is 448 g/mol. The maximum Gasteiger partial charge on any atom is 0.231 e. The van der Waals surface area contributed by atoms with Crippen molar-refractivity contribution in [2.24, 2.45) is 11.8 Å². The van der Waals surface area contributed by atoms with Crippen molar-refractivity contribution < 1.29 is 9.59 Å². The lowest BCUT2D eigenvalue weighted by Crippen LogP contribution is -2.42. The number of likely N-dealkylation sites (N-methyl/N-ethyl adjacent to an activating group) is 1. The third-order valence-corrected chi connectivity index (χ3v) is 7.70. The van der Waals surface area contributed by atoms with Crippen molar-refractivity contribution in [1.82, 2.24) is 5.32 Å². The van der Waals surface area contributed by atoms with Gasteiger partial charge in [0.25, 0.3) is 0 Å². The quantitative estimate of drug-likeness (QED) is 0.716. The van der Waals surface area contributed by atoms with Gasteiger partial charge in [-0.2, -0.15) is 5.26 Å². The van der Waals surface area contributed by atoms with Crippen LogP contribution in [0.15, 0.2) is 36.4 Å². The number of nitrogens with zero attached hydrogens (tertiary/aromatic N) is 2. The van der Waals surface area contributed by atoms with E-state index >= 15 is 0 Å². The third kappa shape index (κ3) is 3.83. The Morgan fingerprint density at radius 2 is 2.03 bits per heavy atom. The van der Waals surface area contributed by atoms with Gasteiger partial charge in [0.1, 0.15) is 0 Å². The molecule has 2 aromatic carbocycles. The number of ketones is 1. The first kappa shape index (κ1) is 21.2. The van der Waals surface area contributed by atoms with Crippen LogP contribution in [0, 0.1) is 23.2 Å². The van der Waals surface area contributed by atoms with E-state index in [1.807, 2.05) is 36.4 Å². The van der Waals surface area contributed by atoms with Gasteiger partial charge in [0, 0.05) is 30.2 Å². The highest BCUT2D eigenvalue weighted by molar-refractivity contribution is 6.31. The molecule has 4 atom stereocenters. The molecular formula is C26H26ClN3O2. The smallest absolute Gasteiger partial charge is 0.231 e. The lowest BCUT2D eigenvalue weighted by molar-refractivity contribution is -0.122. The van der Waals surface area contributed by atoms with Crippen molar-refractivity contribution >= 4 is 29.0 Å². The molecule has 2 heterocycles. The molecule has 1 N–H and O–H groups in total. The Balaban J connectivity index is 1.29. The summed E-state index contributed by atoms with van der Waals surface area (Å²) in [7, 11) is 1.80. The van der Waals surface area contributed by atoms with Crippen LogP contribution in [0.4, 0.5) is 5.69 Å². The number of nitrogens with one attached hydrogen (secondary N) is 1. The molecule has 0 aromatic heterocycles. The van der Waals surface area contributed by atoms with Crippen LogP contribution >= 0.6 is 11.6 Å². The number of fused-ring (bicyclic) bond motifs is 3. The van der Waals surface area contributed by atoms with Crippen molar-refractivity contribution in [3.8, 4) is 17.2 Å². The molecule has 5 rings (SSSR count). The molecule has 2 aromatic rings. The molecule has 2 fully saturated rings. The highest BCUT2D eigenvalue weighted by Gasteiger charge is 2.42. The molecule has 1 saturated heterocycles. The number of halogens is 1. The summed E-state index contributed by atoms with van der Waals surface area (Å²) < 4.78 is 0. The van der Waals surface area contributed by atoms with Gasteiger partial charge in [0.2, 0.25) is 5.91 Å². The molecule has 0 radical (unpaired) electrons. The molecule has 1 saturated carbocycles. The summed E-state index contributed by atoms with van der Waals surface area (Å²) in [5, 5.41) is 13.7. The number of amides is 1. The Kier molecular flexibility index (Phi) is 5.53. The number of carbonyl (C=O) groups is 2. The van der Waals surface area contributed by atoms with Gasteiger partial charge in [0.15, 0.2) is 5.78 Å². The van der Waals surface area contributed by atoms with E-state index in [0.717, 1.165) is 47.2 Å². The molecule has 1 aliphatic carbocycles. The fourth-order valence-electron chi connectivity index (χ4n) is 5.53. The number of Topliss-reactive ketones (excluding diaryl/α,β-unsaturated/α-hetero) is 1. The molecule has 32 heavy (non-hydrogen) atoms. The second-order valence-corrected chi connectivity index (χ2v) is 9.80. The van der Waals surface area contributed by atoms with Crippen LogP contribution in [-0.4, -0.2) is 30.8 Å². The number of rotatable bonds is 6. The lowest BCUT2D eigenvalue weighted by Gasteiger charge is -2.23. The second-order valence-electron chi connectivity index (χ2n) is 9.39. The fourth-order valence-corrected chi connectivity index (χ4v) is 5.79. The first-order valence-electron chi connectivity index (χ1n) is 11.3. The van der Waals surface area contributed by atoms with Crippen LogP contribution in [0.3, 0.4) is 0 Å². The molecule has 2 aliphatic heterocycles. The number of benzene rings is 2. The number of hydrogen-bond donors (Lipinski definition) is 1. The summed E-state index contributed by atoms with van der Waals surface area (Å²) in [5.74, 6) is 0.319. The fraction of sp³-hybridized carbons (Fsp3) is 0.423. The predicted molar refractivity (Wildman–Crippen MR) is 124 cm³/mol. The minimum absolute atomic E-state index is 0.0766. The first-order valence-corrected chi connectivity index (χ1v) is 11.7. The van der Waals surface area contributed by atoms with Crippen molar-refractivity contribution in [3.63, 3.8) is 0 Å². The van der Waals surface area contributed by atoms with Crippen molar-refractivity contribution in [2.45, 2.75) is 50.6 Å². The highest BCUT2D eigenvalue weighted by atomic mass is 35.5. The predicted octanol–water partition coefficient (Wildman–Crippen LogP) is 4.31. The van der Waals surface area contributed by atoms with Crippen LogP contribution in [0.25, 0.3) is 11.1 Å². The first-order chi connectivity index (χ1) is 15.4. The summed E-state index contributed by atoms with van der Waals surface area (Å²) in [5.41, 5.74) is 4.81. The monoisotopic (exact) mass is 447 g/mol. The number of nitriles is 1. The summed E-state index contributed by atoms with van der Waals surface area (Å²) in [6, 6.07) is 14.6. The Bertz CT molecular complexity index is 1140. The summed E-state index contributed by atoms with van der Waals surface area (Å²) in [4.78, 5) is 26.4. The molecular weight excluding hydrogens is 422 g/mol. The molecule has 2 bridgehead atoms.